The third kappa shape index (κ3) is 1.88. The van der Waals surface area contributed by atoms with Gasteiger partial charge >= 0.3 is 0 Å². The standard InChI is InChI=1S/C12H15N3/c1-2-9(6-7-13-10-4-5-10)11-8-14-15-12(11)3-1/h1-3,8,10,13H,4-7H2,(H,14,15). The summed E-state index contributed by atoms with van der Waals surface area (Å²) >= 11 is 0. The highest BCUT2D eigenvalue weighted by atomic mass is 15.1. The van der Waals surface area contributed by atoms with Gasteiger partial charge in [-0.2, -0.15) is 5.10 Å². The molecule has 2 N–H and O–H groups in total. The van der Waals surface area contributed by atoms with Crippen molar-refractivity contribution in [3.05, 3.63) is 30.0 Å². The van der Waals surface area contributed by atoms with Gasteiger partial charge in [0.2, 0.25) is 0 Å². The van der Waals surface area contributed by atoms with E-state index in [-0.39, 0.29) is 0 Å². The molecule has 15 heavy (non-hydrogen) atoms. The van der Waals surface area contributed by atoms with E-state index < -0.39 is 0 Å². The molecule has 1 saturated carbocycles. The monoisotopic (exact) mass is 201 g/mol. The fourth-order valence-electron chi connectivity index (χ4n) is 1.95. The Labute approximate surface area is 88.9 Å². The molecule has 3 heteroatoms. The minimum atomic E-state index is 0.800. The van der Waals surface area contributed by atoms with Crippen LogP contribution in [0.4, 0.5) is 0 Å². The van der Waals surface area contributed by atoms with E-state index in [0.29, 0.717) is 0 Å². The van der Waals surface area contributed by atoms with E-state index in [2.05, 4.69) is 33.7 Å². The Kier molecular flexibility index (Phi) is 2.18. The number of rotatable bonds is 4. The summed E-state index contributed by atoms with van der Waals surface area (Å²) in [6.45, 7) is 1.08. The van der Waals surface area contributed by atoms with E-state index in [1.54, 1.807) is 0 Å². The Balaban J connectivity index is 1.74. The van der Waals surface area contributed by atoms with E-state index in [1.165, 1.54) is 23.8 Å². The van der Waals surface area contributed by atoms with Crippen molar-refractivity contribution in [3.63, 3.8) is 0 Å². The lowest BCUT2D eigenvalue weighted by Gasteiger charge is -2.03. The van der Waals surface area contributed by atoms with Crippen molar-refractivity contribution in [1.82, 2.24) is 15.5 Å². The van der Waals surface area contributed by atoms with Crippen LogP contribution in [0.2, 0.25) is 0 Å². The fourth-order valence-corrected chi connectivity index (χ4v) is 1.95. The lowest BCUT2D eigenvalue weighted by atomic mass is 10.1. The molecule has 0 bridgehead atoms. The number of benzene rings is 1. The summed E-state index contributed by atoms with van der Waals surface area (Å²) in [4.78, 5) is 0. The number of hydrogen-bond donors (Lipinski definition) is 2. The predicted octanol–water partition coefficient (Wildman–Crippen LogP) is 1.86. The molecule has 1 aromatic carbocycles. The zero-order chi connectivity index (χ0) is 10.1. The van der Waals surface area contributed by atoms with Crippen molar-refractivity contribution in [2.24, 2.45) is 0 Å². The van der Waals surface area contributed by atoms with Gasteiger partial charge in [-0.15, -0.1) is 0 Å². The van der Waals surface area contributed by atoms with Crippen LogP contribution in [0.5, 0.6) is 0 Å². The number of fused-ring (bicyclic) bond motifs is 1. The van der Waals surface area contributed by atoms with Crippen LogP contribution in [0.1, 0.15) is 18.4 Å². The van der Waals surface area contributed by atoms with Crippen molar-refractivity contribution in [2.75, 3.05) is 6.54 Å². The van der Waals surface area contributed by atoms with Crippen LogP contribution in [-0.2, 0) is 6.42 Å². The normalized spacial score (nSPS) is 16.0. The molecule has 78 valence electrons. The molecule has 1 aliphatic carbocycles. The van der Waals surface area contributed by atoms with Gasteiger partial charge in [0.25, 0.3) is 0 Å². The van der Waals surface area contributed by atoms with Crippen molar-refractivity contribution in [3.8, 4) is 0 Å². The average molecular weight is 201 g/mol. The molecule has 0 atom stereocenters. The average Bonchev–Trinajstić information content (AvgIpc) is 2.95. The smallest absolute Gasteiger partial charge is 0.0653 e. The molecule has 0 amide bonds. The second kappa shape index (κ2) is 3.66. The first-order valence-corrected chi connectivity index (χ1v) is 5.58. The van der Waals surface area contributed by atoms with E-state index in [1.807, 2.05) is 6.20 Å². The van der Waals surface area contributed by atoms with Crippen LogP contribution in [0.3, 0.4) is 0 Å². The van der Waals surface area contributed by atoms with Crippen molar-refractivity contribution in [1.29, 1.82) is 0 Å². The third-order valence-corrected chi connectivity index (χ3v) is 2.98. The number of nitrogens with one attached hydrogen (secondary N) is 2. The molecule has 0 spiro atoms. The van der Waals surface area contributed by atoms with Gasteiger partial charge in [-0.25, -0.2) is 0 Å². The Bertz CT molecular complexity index is 457. The Hall–Kier alpha value is -1.35. The van der Waals surface area contributed by atoms with Gasteiger partial charge < -0.3 is 5.32 Å². The summed E-state index contributed by atoms with van der Waals surface area (Å²) in [7, 11) is 0. The first kappa shape index (κ1) is 8.92. The van der Waals surface area contributed by atoms with Gasteiger partial charge in [-0.3, -0.25) is 5.10 Å². The Morgan fingerprint density at radius 2 is 2.33 bits per heavy atom. The maximum absolute atomic E-state index is 4.07. The quantitative estimate of drug-likeness (QED) is 0.792. The van der Waals surface area contributed by atoms with Gasteiger partial charge in [0.1, 0.15) is 0 Å². The second-order valence-electron chi connectivity index (χ2n) is 4.23. The molecule has 0 unspecified atom stereocenters. The SMILES string of the molecule is c1cc(CCNC2CC2)c2cn[nH]c2c1. The summed E-state index contributed by atoms with van der Waals surface area (Å²) in [6.07, 6.45) is 5.72. The van der Waals surface area contributed by atoms with Crippen LogP contribution < -0.4 is 5.32 Å². The second-order valence-corrected chi connectivity index (χ2v) is 4.23. The molecule has 3 nitrogen and oxygen atoms in total. The summed E-state index contributed by atoms with van der Waals surface area (Å²) in [6, 6.07) is 7.15. The van der Waals surface area contributed by atoms with E-state index in [4.69, 9.17) is 0 Å². The van der Waals surface area contributed by atoms with Crippen LogP contribution in [0, 0.1) is 0 Å². The number of H-pyrrole nitrogens is 1. The summed E-state index contributed by atoms with van der Waals surface area (Å²) in [5.74, 6) is 0. The summed E-state index contributed by atoms with van der Waals surface area (Å²) < 4.78 is 0. The largest absolute Gasteiger partial charge is 0.314 e. The summed E-state index contributed by atoms with van der Waals surface area (Å²) in [5, 5.41) is 11.9. The highest BCUT2D eigenvalue weighted by molar-refractivity contribution is 5.81. The summed E-state index contributed by atoms with van der Waals surface area (Å²) in [5.41, 5.74) is 2.52. The van der Waals surface area contributed by atoms with E-state index in [9.17, 15) is 0 Å². The number of hydrogen-bond acceptors (Lipinski definition) is 2. The molecule has 2 aromatic rings. The zero-order valence-corrected chi connectivity index (χ0v) is 8.66. The van der Waals surface area contributed by atoms with Gasteiger partial charge in [-0.05, 0) is 37.4 Å². The van der Waals surface area contributed by atoms with E-state index >= 15 is 0 Å². The molecular weight excluding hydrogens is 186 g/mol. The lowest BCUT2D eigenvalue weighted by Crippen LogP contribution is -2.19. The molecule has 1 aromatic heterocycles. The predicted molar refractivity (Wildman–Crippen MR) is 60.8 cm³/mol. The first-order chi connectivity index (χ1) is 7.43. The van der Waals surface area contributed by atoms with Crippen molar-refractivity contribution in [2.45, 2.75) is 25.3 Å². The minimum Gasteiger partial charge on any atom is -0.314 e. The van der Waals surface area contributed by atoms with Crippen molar-refractivity contribution >= 4 is 10.9 Å². The van der Waals surface area contributed by atoms with Gasteiger partial charge in [0.05, 0.1) is 11.7 Å². The maximum atomic E-state index is 4.07. The van der Waals surface area contributed by atoms with Crippen LogP contribution in [-0.4, -0.2) is 22.8 Å². The van der Waals surface area contributed by atoms with Crippen LogP contribution in [0.25, 0.3) is 10.9 Å². The highest BCUT2D eigenvalue weighted by Crippen LogP contribution is 2.19. The van der Waals surface area contributed by atoms with Gasteiger partial charge in [-0.1, -0.05) is 12.1 Å². The molecule has 3 rings (SSSR count). The Morgan fingerprint density at radius 3 is 3.20 bits per heavy atom. The number of aromatic nitrogens is 2. The molecular formula is C12H15N3. The molecule has 0 aliphatic heterocycles. The fraction of sp³-hybridized carbons (Fsp3) is 0.417. The molecule has 1 heterocycles. The molecule has 1 aliphatic rings. The van der Waals surface area contributed by atoms with Gasteiger partial charge in [0, 0.05) is 11.4 Å². The lowest BCUT2D eigenvalue weighted by molar-refractivity contribution is 0.683. The Morgan fingerprint density at radius 1 is 1.40 bits per heavy atom. The minimum absolute atomic E-state index is 0.800. The molecule has 0 radical (unpaired) electrons. The van der Waals surface area contributed by atoms with Gasteiger partial charge in [0.15, 0.2) is 0 Å². The maximum Gasteiger partial charge on any atom is 0.0653 e. The molecule has 0 saturated heterocycles. The first-order valence-electron chi connectivity index (χ1n) is 5.58. The third-order valence-electron chi connectivity index (χ3n) is 2.98. The zero-order valence-electron chi connectivity index (χ0n) is 8.66. The van der Waals surface area contributed by atoms with E-state index in [0.717, 1.165) is 24.5 Å². The highest BCUT2D eigenvalue weighted by Gasteiger charge is 2.19. The van der Waals surface area contributed by atoms with Crippen LogP contribution in [0.15, 0.2) is 24.4 Å². The number of aromatic amines is 1. The van der Waals surface area contributed by atoms with Crippen LogP contribution >= 0.6 is 0 Å². The topological polar surface area (TPSA) is 40.7 Å². The number of nitrogens with zero attached hydrogens (tertiary/aromatic N) is 1. The van der Waals surface area contributed by atoms with Crippen molar-refractivity contribution < 1.29 is 0 Å². The molecule has 1 fully saturated rings.